The van der Waals surface area contributed by atoms with Crippen LogP contribution in [-0.2, 0) is 4.79 Å². The lowest BCUT2D eigenvalue weighted by atomic mass is 9.72. The summed E-state index contributed by atoms with van der Waals surface area (Å²) in [5.41, 5.74) is 3.41. The van der Waals surface area contributed by atoms with Crippen LogP contribution in [0.2, 0.25) is 0 Å². The van der Waals surface area contributed by atoms with Gasteiger partial charge in [-0.2, -0.15) is 11.8 Å². The van der Waals surface area contributed by atoms with Gasteiger partial charge in [-0.25, -0.2) is 4.39 Å². The Morgan fingerprint density at radius 3 is 2.86 bits per heavy atom. The molecule has 3 nitrogen and oxygen atoms in total. The molecule has 1 fully saturated rings. The summed E-state index contributed by atoms with van der Waals surface area (Å²) in [5, 5.41) is 11.0. The van der Waals surface area contributed by atoms with Gasteiger partial charge >= 0.3 is 0 Å². The maximum absolute atomic E-state index is 13.1. The predicted molar refractivity (Wildman–Crippen MR) is 88.6 cm³/mol. The molecular formula is C17H19FN2OS. The quantitative estimate of drug-likeness (QED) is 0.614. The summed E-state index contributed by atoms with van der Waals surface area (Å²) in [7, 11) is 0. The third-order valence-electron chi connectivity index (χ3n) is 4.48. The zero-order valence-corrected chi connectivity index (χ0v) is 13.1. The maximum Gasteiger partial charge on any atom is 0.131 e. The summed E-state index contributed by atoms with van der Waals surface area (Å²) in [4.78, 5) is 11.7. The number of carbonyl (C=O) groups excluding carboxylic acids is 1. The lowest BCUT2D eigenvalue weighted by Gasteiger charge is -2.38. The minimum absolute atomic E-state index is 0.0990. The standard InChI is InChI=1S/C17H19FN2OS/c18-14-1-3-15(4-2-14)20-16-7-13-5-6-22-11-17(13,10-21)8-12(16)9-19/h1,3,7,9-10,19-20H,2,4-6,8,11H2. The first-order valence-electron chi connectivity index (χ1n) is 7.48. The number of carbonyl (C=O) groups is 1. The van der Waals surface area contributed by atoms with E-state index in [4.69, 9.17) is 5.41 Å². The molecule has 3 rings (SSSR count). The largest absolute Gasteiger partial charge is 0.359 e. The minimum atomic E-state index is -0.437. The fourth-order valence-electron chi connectivity index (χ4n) is 3.15. The second-order valence-electron chi connectivity index (χ2n) is 5.94. The van der Waals surface area contributed by atoms with Gasteiger partial charge in [-0.15, -0.1) is 0 Å². The third-order valence-corrected chi connectivity index (χ3v) is 5.69. The van der Waals surface area contributed by atoms with Crippen molar-refractivity contribution in [3.8, 4) is 0 Å². The van der Waals surface area contributed by atoms with Crippen molar-refractivity contribution in [2.75, 3.05) is 11.5 Å². The molecule has 0 saturated carbocycles. The van der Waals surface area contributed by atoms with E-state index in [1.807, 2.05) is 6.08 Å². The first-order valence-corrected chi connectivity index (χ1v) is 8.63. The highest BCUT2D eigenvalue weighted by atomic mass is 32.2. The Morgan fingerprint density at radius 2 is 2.18 bits per heavy atom. The number of hydrogen-bond donors (Lipinski definition) is 2. The van der Waals surface area contributed by atoms with Crippen molar-refractivity contribution in [2.24, 2.45) is 5.41 Å². The first kappa shape index (κ1) is 15.3. The third kappa shape index (κ3) is 2.82. The Morgan fingerprint density at radius 1 is 1.32 bits per heavy atom. The fourth-order valence-corrected chi connectivity index (χ4v) is 4.37. The summed E-state index contributed by atoms with van der Waals surface area (Å²) >= 11 is 1.80. The molecule has 1 unspecified atom stereocenters. The lowest BCUT2D eigenvalue weighted by Crippen LogP contribution is -2.36. The summed E-state index contributed by atoms with van der Waals surface area (Å²) in [6, 6.07) is 0. The normalized spacial score (nSPS) is 28.1. The van der Waals surface area contributed by atoms with Gasteiger partial charge < -0.3 is 15.5 Å². The molecular weight excluding hydrogens is 299 g/mol. The van der Waals surface area contributed by atoms with Gasteiger partial charge in [0.1, 0.15) is 12.1 Å². The lowest BCUT2D eigenvalue weighted by molar-refractivity contribution is -0.113. The van der Waals surface area contributed by atoms with E-state index in [0.717, 1.165) is 46.8 Å². The van der Waals surface area contributed by atoms with Gasteiger partial charge in [0.05, 0.1) is 5.41 Å². The van der Waals surface area contributed by atoms with Crippen molar-refractivity contribution in [1.82, 2.24) is 5.32 Å². The molecule has 3 aliphatic rings. The second-order valence-corrected chi connectivity index (χ2v) is 7.04. The van der Waals surface area contributed by atoms with Gasteiger partial charge in [-0.05, 0) is 48.8 Å². The molecule has 1 atom stereocenters. The van der Waals surface area contributed by atoms with Crippen LogP contribution in [0.15, 0.2) is 46.6 Å². The molecule has 0 radical (unpaired) electrons. The van der Waals surface area contributed by atoms with Crippen molar-refractivity contribution in [2.45, 2.75) is 25.7 Å². The van der Waals surface area contributed by atoms with E-state index in [-0.39, 0.29) is 5.83 Å². The zero-order valence-electron chi connectivity index (χ0n) is 12.3. The molecule has 0 bridgehead atoms. The van der Waals surface area contributed by atoms with Crippen LogP contribution >= 0.6 is 11.8 Å². The van der Waals surface area contributed by atoms with Gasteiger partial charge in [0.2, 0.25) is 0 Å². The molecule has 22 heavy (non-hydrogen) atoms. The van der Waals surface area contributed by atoms with E-state index in [1.54, 1.807) is 17.8 Å². The molecule has 1 aliphatic heterocycles. The Balaban J connectivity index is 1.90. The summed E-state index contributed by atoms with van der Waals surface area (Å²) in [5.74, 6) is 1.73. The number of nitrogens with one attached hydrogen (secondary N) is 2. The van der Waals surface area contributed by atoms with Gasteiger partial charge in [0.25, 0.3) is 0 Å². The number of halogens is 1. The van der Waals surface area contributed by atoms with Gasteiger partial charge in [-0.3, -0.25) is 0 Å². The number of allylic oxidation sites excluding steroid dienone is 7. The molecule has 1 heterocycles. The molecule has 0 aromatic carbocycles. The van der Waals surface area contributed by atoms with Crippen LogP contribution in [0.25, 0.3) is 0 Å². The molecule has 2 aliphatic carbocycles. The minimum Gasteiger partial charge on any atom is -0.359 e. The molecule has 5 heteroatoms. The smallest absolute Gasteiger partial charge is 0.131 e. The van der Waals surface area contributed by atoms with Crippen LogP contribution in [0.1, 0.15) is 25.7 Å². The average Bonchev–Trinajstić information content (AvgIpc) is 2.56. The SMILES string of the molecule is N=CC1=C(NC2=CC=C(F)CC2)C=C2CCSCC2(C=O)C1. The Labute approximate surface area is 133 Å². The summed E-state index contributed by atoms with van der Waals surface area (Å²) < 4.78 is 13.1. The van der Waals surface area contributed by atoms with Crippen LogP contribution in [0, 0.1) is 10.8 Å². The van der Waals surface area contributed by atoms with Gasteiger partial charge in [-0.1, -0.05) is 5.57 Å². The number of thioether (sulfide) groups is 1. The average molecular weight is 318 g/mol. The number of rotatable bonds is 4. The number of aldehydes is 1. The van der Waals surface area contributed by atoms with Crippen LogP contribution in [0.3, 0.4) is 0 Å². The molecule has 0 amide bonds. The van der Waals surface area contributed by atoms with E-state index < -0.39 is 5.41 Å². The second kappa shape index (κ2) is 6.24. The van der Waals surface area contributed by atoms with Crippen LogP contribution < -0.4 is 5.32 Å². The monoisotopic (exact) mass is 318 g/mol. The van der Waals surface area contributed by atoms with E-state index >= 15 is 0 Å². The van der Waals surface area contributed by atoms with Crippen LogP contribution in [0.5, 0.6) is 0 Å². The maximum atomic E-state index is 13.1. The fraction of sp³-hybridized carbons (Fsp3) is 0.412. The van der Waals surface area contributed by atoms with Crippen LogP contribution in [0.4, 0.5) is 4.39 Å². The predicted octanol–water partition coefficient (Wildman–Crippen LogP) is 3.66. The van der Waals surface area contributed by atoms with E-state index in [2.05, 4.69) is 5.32 Å². The first-order chi connectivity index (χ1) is 10.7. The highest BCUT2D eigenvalue weighted by Gasteiger charge is 2.40. The molecule has 1 saturated heterocycles. The van der Waals surface area contributed by atoms with Gasteiger partial charge in [0.15, 0.2) is 0 Å². The Hall–Kier alpha value is -1.62. The van der Waals surface area contributed by atoms with Crippen molar-refractivity contribution < 1.29 is 9.18 Å². The zero-order chi connectivity index (χ0) is 15.6. The van der Waals surface area contributed by atoms with Crippen molar-refractivity contribution in [3.63, 3.8) is 0 Å². The Bertz CT molecular complexity index is 633. The Kier molecular flexibility index (Phi) is 4.34. The van der Waals surface area contributed by atoms with E-state index in [0.29, 0.717) is 19.3 Å². The highest BCUT2D eigenvalue weighted by molar-refractivity contribution is 7.99. The van der Waals surface area contributed by atoms with Crippen molar-refractivity contribution >= 4 is 24.3 Å². The van der Waals surface area contributed by atoms with Crippen LogP contribution in [-0.4, -0.2) is 24.0 Å². The van der Waals surface area contributed by atoms with Crippen molar-refractivity contribution in [1.29, 1.82) is 5.41 Å². The topological polar surface area (TPSA) is 53.0 Å². The molecule has 0 aromatic rings. The molecule has 0 spiro atoms. The van der Waals surface area contributed by atoms with Gasteiger partial charge in [0, 0.05) is 29.8 Å². The highest BCUT2D eigenvalue weighted by Crippen LogP contribution is 2.45. The van der Waals surface area contributed by atoms with E-state index in [9.17, 15) is 9.18 Å². The number of fused-ring (bicyclic) bond motifs is 1. The summed E-state index contributed by atoms with van der Waals surface area (Å²) in [6.07, 6.45) is 10.2. The van der Waals surface area contributed by atoms with E-state index in [1.165, 1.54) is 12.3 Å². The summed E-state index contributed by atoms with van der Waals surface area (Å²) in [6.45, 7) is 0. The molecule has 2 N–H and O–H groups in total. The number of hydrogen-bond acceptors (Lipinski definition) is 4. The molecule has 0 aromatic heterocycles. The van der Waals surface area contributed by atoms with Crippen molar-refractivity contribution in [3.05, 3.63) is 46.6 Å². The molecule has 116 valence electrons.